The number of allylic oxidation sites excluding steroid dienone is 1. The summed E-state index contributed by atoms with van der Waals surface area (Å²) in [4.78, 5) is 14.5. The van der Waals surface area contributed by atoms with Crippen molar-refractivity contribution in [3.05, 3.63) is 18.5 Å². The van der Waals surface area contributed by atoms with Crippen molar-refractivity contribution in [3.8, 4) is 0 Å². The van der Waals surface area contributed by atoms with Gasteiger partial charge in [-0.25, -0.2) is 0 Å². The maximum Gasteiger partial charge on any atom is 0.235 e. The van der Waals surface area contributed by atoms with Gasteiger partial charge in [0.1, 0.15) is 5.82 Å². The minimum absolute atomic E-state index is 0.134. The van der Waals surface area contributed by atoms with Crippen LogP contribution < -0.4 is 0 Å². The van der Waals surface area contributed by atoms with Crippen LogP contribution in [0.1, 0.15) is 32.5 Å². The number of aromatic nitrogens is 3. The van der Waals surface area contributed by atoms with Gasteiger partial charge in [0.25, 0.3) is 0 Å². The predicted octanol–water partition coefficient (Wildman–Crippen LogP) is 2.51. The first kappa shape index (κ1) is 16.1. The summed E-state index contributed by atoms with van der Waals surface area (Å²) in [6.07, 6.45) is 4.03. The maximum absolute atomic E-state index is 12.5. The molecule has 2 rings (SSSR count). The van der Waals surface area contributed by atoms with E-state index in [1.54, 1.807) is 0 Å². The van der Waals surface area contributed by atoms with Crippen LogP contribution in [0.4, 0.5) is 0 Å². The monoisotopic (exact) mass is 308 g/mol. The van der Waals surface area contributed by atoms with Gasteiger partial charge in [-0.2, -0.15) is 0 Å². The number of likely N-dealkylation sites (tertiary alicyclic amines) is 1. The molecule has 1 saturated heterocycles. The molecule has 0 N–H and O–H groups in total. The van der Waals surface area contributed by atoms with E-state index in [2.05, 4.69) is 23.7 Å². The summed E-state index contributed by atoms with van der Waals surface area (Å²) in [5.41, 5.74) is 0. The smallest absolute Gasteiger partial charge is 0.235 e. The lowest BCUT2D eigenvalue weighted by Crippen LogP contribution is -2.41. The number of hydrogen-bond donors (Lipinski definition) is 0. The Balaban J connectivity index is 1.99. The Kier molecular flexibility index (Phi) is 5.45. The second kappa shape index (κ2) is 7.11. The first-order valence-corrected chi connectivity index (χ1v) is 8.37. The largest absolute Gasteiger partial charge is 0.342 e. The lowest BCUT2D eigenvalue weighted by Gasteiger charge is -2.31. The van der Waals surface area contributed by atoms with Crippen molar-refractivity contribution >= 4 is 17.7 Å². The zero-order valence-corrected chi connectivity index (χ0v) is 13.9. The average molecular weight is 308 g/mol. The van der Waals surface area contributed by atoms with E-state index in [9.17, 15) is 4.79 Å². The average Bonchev–Trinajstić information content (AvgIpc) is 2.81. The number of rotatable bonds is 5. The third-order valence-corrected chi connectivity index (χ3v) is 5.01. The van der Waals surface area contributed by atoms with Crippen molar-refractivity contribution in [1.82, 2.24) is 19.7 Å². The van der Waals surface area contributed by atoms with Crippen LogP contribution in [0.2, 0.25) is 0 Å². The molecule has 1 fully saturated rings. The number of piperidine rings is 1. The molecule has 2 heterocycles. The van der Waals surface area contributed by atoms with Gasteiger partial charge in [-0.3, -0.25) is 4.79 Å². The number of carbonyl (C=O) groups is 1. The Morgan fingerprint density at radius 1 is 1.48 bits per heavy atom. The molecule has 1 aromatic heterocycles. The molecule has 0 radical (unpaired) electrons. The number of carbonyl (C=O) groups excluding carboxylic acids is 1. The predicted molar refractivity (Wildman–Crippen MR) is 85.3 cm³/mol. The fourth-order valence-electron chi connectivity index (χ4n) is 2.48. The molecule has 0 saturated carbocycles. The van der Waals surface area contributed by atoms with Crippen molar-refractivity contribution in [2.24, 2.45) is 5.92 Å². The lowest BCUT2D eigenvalue weighted by molar-refractivity contribution is -0.131. The molecule has 116 valence electrons. The molecule has 1 aromatic rings. The van der Waals surface area contributed by atoms with Crippen molar-refractivity contribution in [3.63, 3.8) is 0 Å². The van der Waals surface area contributed by atoms with Gasteiger partial charge in [0.15, 0.2) is 5.16 Å². The summed E-state index contributed by atoms with van der Waals surface area (Å²) in [5, 5.41) is 8.92. The van der Waals surface area contributed by atoms with Crippen molar-refractivity contribution < 1.29 is 4.79 Å². The van der Waals surface area contributed by atoms with Crippen LogP contribution in [0, 0.1) is 12.8 Å². The first-order chi connectivity index (χ1) is 10.0. The number of nitrogens with zero attached hydrogens (tertiary/aromatic N) is 4. The zero-order chi connectivity index (χ0) is 15.4. The van der Waals surface area contributed by atoms with Gasteiger partial charge in [0.2, 0.25) is 5.91 Å². The summed E-state index contributed by atoms with van der Waals surface area (Å²) in [6.45, 7) is 12.3. The molecule has 1 amide bonds. The van der Waals surface area contributed by atoms with Gasteiger partial charge in [0, 0.05) is 19.6 Å². The van der Waals surface area contributed by atoms with E-state index in [1.165, 1.54) is 11.8 Å². The van der Waals surface area contributed by atoms with E-state index in [1.807, 2.05) is 29.4 Å². The van der Waals surface area contributed by atoms with Gasteiger partial charge < -0.3 is 9.47 Å². The molecule has 1 aliphatic heterocycles. The quantitative estimate of drug-likeness (QED) is 0.619. The maximum atomic E-state index is 12.5. The highest BCUT2D eigenvalue weighted by Gasteiger charge is 2.26. The van der Waals surface area contributed by atoms with Crippen LogP contribution in [-0.4, -0.2) is 43.9 Å². The minimum Gasteiger partial charge on any atom is -0.342 e. The number of hydrogen-bond acceptors (Lipinski definition) is 4. The molecule has 5 nitrogen and oxygen atoms in total. The molecule has 0 bridgehead atoms. The van der Waals surface area contributed by atoms with Crippen LogP contribution in [0.15, 0.2) is 17.8 Å². The third kappa shape index (κ3) is 3.87. The SMILES string of the molecule is C=CCn1c(C)nnc1SC(C)C(=O)N1CCC(C)CC1. The van der Waals surface area contributed by atoms with Crippen molar-refractivity contribution in [2.75, 3.05) is 13.1 Å². The van der Waals surface area contributed by atoms with Gasteiger partial charge in [0.05, 0.1) is 5.25 Å². The molecule has 1 atom stereocenters. The highest BCUT2D eigenvalue weighted by atomic mass is 32.2. The topological polar surface area (TPSA) is 51.0 Å². The van der Waals surface area contributed by atoms with Crippen molar-refractivity contribution in [2.45, 2.75) is 50.6 Å². The van der Waals surface area contributed by atoms with E-state index in [-0.39, 0.29) is 11.2 Å². The molecule has 0 spiro atoms. The standard InChI is InChI=1S/C15H24N4OS/c1-5-8-19-13(4)16-17-15(19)21-12(3)14(20)18-9-6-11(2)7-10-18/h5,11-12H,1,6-10H2,2-4H3. The molecular weight excluding hydrogens is 284 g/mol. The van der Waals surface area contributed by atoms with E-state index < -0.39 is 0 Å². The van der Waals surface area contributed by atoms with Gasteiger partial charge >= 0.3 is 0 Å². The van der Waals surface area contributed by atoms with Crippen LogP contribution in [0.5, 0.6) is 0 Å². The van der Waals surface area contributed by atoms with Gasteiger partial charge in [-0.1, -0.05) is 24.8 Å². The lowest BCUT2D eigenvalue weighted by atomic mass is 9.99. The Labute approximate surface area is 130 Å². The molecule has 0 aliphatic carbocycles. The Morgan fingerprint density at radius 3 is 2.76 bits per heavy atom. The van der Waals surface area contributed by atoms with E-state index >= 15 is 0 Å². The summed E-state index contributed by atoms with van der Waals surface area (Å²) in [5.74, 6) is 1.79. The third-order valence-electron chi connectivity index (χ3n) is 3.94. The molecule has 21 heavy (non-hydrogen) atoms. The summed E-state index contributed by atoms with van der Waals surface area (Å²) in [7, 11) is 0. The highest BCUT2D eigenvalue weighted by molar-refractivity contribution is 8.00. The van der Waals surface area contributed by atoms with Crippen LogP contribution in [-0.2, 0) is 11.3 Å². The van der Waals surface area contributed by atoms with Crippen LogP contribution in [0.3, 0.4) is 0 Å². The Hall–Kier alpha value is -1.30. The fraction of sp³-hybridized carbons (Fsp3) is 0.667. The van der Waals surface area contributed by atoms with E-state index in [0.29, 0.717) is 6.54 Å². The second-order valence-electron chi connectivity index (χ2n) is 5.70. The van der Waals surface area contributed by atoms with Crippen molar-refractivity contribution in [1.29, 1.82) is 0 Å². The summed E-state index contributed by atoms with van der Waals surface area (Å²) in [6, 6.07) is 0. The molecule has 0 aromatic carbocycles. The van der Waals surface area contributed by atoms with Gasteiger partial charge in [-0.05, 0) is 32.6 Å². The number of aryl methyl sites for hydroxylation is 1. The number of amides is 1. The zero-order valence-electron chi connectivity index (χ0n) is 13.1. The molecule has 6 heteroatoms. The second-order valence-corrected chi connectivity index (χ2v) is 7.00. The van der Waals surface area contributed by atoms with Crippen LogP contribution in [0.25, 0.3) is 0 Å². The Morgan fingerprint density at radius 2 is 2.14 bits per heavy atom. The van der Waals surface area contributed by atoms with Crippen LogP contribution >= 0.6 is 11.8 Å². The first-order valence-electron chi connectivity index (χ1n) is 7.49. The number of thioether (sulfide) groups is 1. The normalized spacial score (nSPS) is 17.8. The summed E-state index contributed by atoms with van der Waals surface area (Å²) >= 11 is 1.48. The minimum atomic E-state index is -0.134. The van der Waals surface area contributed by atoms with Gasteiger partial charge in [-0.15, -0.1) is 16.8 Å². The molecule has 1 aliphatic rings. The van der Waals surface area contributed by atoms with E-state index in [4.69, 9.17) is 0 Å². The highest BCUT2D eigenvalue weighted by Crippen LogP contribution is 2.25. The molecular formula is C15H24N4OS. The Bertz CT molecular complexity index is 506. The molecule has 1 unspecified atom stereocenters. The fourth-order valence-corrected chi connectivity index (χ4v) is 3.47. The van der Waals surface area contributed by atoms with E-state index in [0.717, 1.165) is 42.8 Å². The summed E-state index contributed by atoms with van der Waals surface area (Å²) < 4.78 is 1.99.